The molecule has 0 bridgehead atoms. The van der Waals surface area contributed by atoms with E-state index in [9.17, 15) is 9.18 Å². The van der Waals surface area contributed by atoms with E-state index in [1.54, 1.807) is 56.2 Å². The molecule has 9 nitrogen and oxygen atoms in total. The summed E-state index contributed by atoms with van der Waals surface area (Å²) in [5.41, 5.74) is 1.61. The van der Waals surface area contributed by atoms with E-state index in [0.717, 1.165) is 11.4 Å². The van der Waals surface area contributed by atoms with Crippen LogP contribution in [0.1, 0.15) is 35.7 Å². The van der Waals surface area contributed by atoms with Gasteiger partial charge in [0.1, 0.15) is 29.3 Å². The highest BCUT2D eigenvalue weighted by atomic mass is 79.9. The van der Waals surface area contributed by atoms with Crippen LogP contribution in [0.3, 0.4) is 0 Å². The van der Waals surface area contributed by atoms with Gasteiger partial charge in [0.2, 0.25) is 5.95 Å². The van der Waals surface area contributed by atoms with Crippen LogP contribution in [0.5, 0.6) is 0 Å². The molecule has 1 amide bonds. The van der Waals surface area contributed by atoms with Crippen LogP contribution in [0.25, 0.3) is 11.4 Å². The number of hydrogen-bond acceptors (Lipinski definition) is 7. The fraction of sp³-hybridized carbons (Fsp3) is 0.227. The topological polar surface area (TPSA) is 111 Å². The fourth-order valence-electron chi connectivity index (χ4n) is 3.15. The lowest BCUT2D eigenvalue weighted by atomic mass is 9.94. The molecule has 2 N–H and O–H groups in total. The molecule has 0 unspecified atom stereocenters. The number of benzene rings is 1. The van der Waals surface area contributed by atoms with Crippen molar-refractivity contribution in [3.05, 3.63) is 70.2 Å². The van der Waals surface area contributed by atoms with Crippen LogP contribution in [0, 0.1) is 12.7 Å². The molecule has 0 aliphatic heterocycles. The molecule has 3 heterocycles. The number of anilines is 2. The van der Waals surface area contributed by atoms with Crippen molar-refractivity contribution in [2.45, 2.75) is 26.3 Å². The molecule has 33 heavy (non-hydrogen) atoms. The number of carbonyl (C=O) groups excluding carboxylic acids is 1. The summed E-state index contributed by atoms with van der Waals surface area (Å²) in [4.78, 5) is 25.9. The standard InChI is InChI=1S/C22H21BrFN7O2/c1-12-10-25-21(28-17-7-8-26-31(17)4)29-18(12)16-11-33-20(27-16)19(32)30-22(2,3)13-5-6-15(24)14(23)9-13/h5-11H,1-4H3,(H,30,32)(H,25,28,29). The third-order valence-corrected chi connectivity index (χ3v) is 5.65. The minimum atomic E-state index is -0.799. The molecule has 4 rings (SSSR count). The highest BCUT2D eigenvalue weighted by molar-refractivity contribution is 9.10. The van der Waals surface area contributed by atoms with Crippen LogP contribution < -0.4 is 10.6 Å². The van der Waals surface area contributed by atoms with Crippen molar-refractivity contribution in [2.24, 2.45) is 7.05 Å². The lowest BCUT2D eigenvalue weighted by Gasteiger charge is -2.26. The second kappa shape index (κ2) is 8.74. The van der Waals surface area contributed by atoms with Crippen molar-refractivity contribution in [3.63, 3.8) is 0 Å². The van der Waals surface area contributed by atoms with Gasteiger partial charge in [0.25, 0.3) is 5.89 Å². The number of amides is 1. The van der Waals surface area contributed by atoms with Crippen LogP contribution in [0.15, 0.2) is 51.8 Å². The molecule has 4 aromatic rings. The molecular formula is C22H21BrFN7O2. The van der Waals surface area contributed by atoms with Crippen LogP contribution in [-0.4, -0.2) is 30.6 Å². The summed E-state index contributed by atoms with van der Waals surface area (Å²) >= 11 is 3.17. The minimum absolute atomic E-state index is 0.113. The van der Waals surface area contributed by atoms with Crippen molar-refractivity contribution >= 4 is 33.6 Å². The van der Waals surface area contributed by atoms with Gasteiger partial charge in [-0.2, -0.15) is 5.10 Å². The van der Waals surface area contributed by atoms with Crippen LogP contribution in [-0.2, 0) is 12.6 Å². The highest BCUT2D eigenvalue weighted by Crippen LogP contribution is 2.27. The minimum Gasteiger partial charge on any atom is -0.440 e. The van der Waals surface area contributed by atoms with Gasteiger partial charge >= 0.3 is 5.91 Å². The average molecular weight is 514 g/mol. The molecule has 0 spiro atoms. The monoisotopic (exact) mass is 513 g/mol. The van der Waals surface area contributed by atoms with Gasteiger partial charge in [0.15, 0.2) is 0 Å². The largest absolute Gasteiger partial charge is 0.440 e. The second-order valence-corrected chi connectivity index (χ2v) is 8.79. The average Bonchev–Trinajstić information content (AvgIpc) is 3.41. The van der Waals surface area contributed by atoms with E-state index < -0.39 is 11.4 Å². The van der Waals surface area contributed by atoms with E-state index in [2.05, 4.69) is 46.6 Å². The third-order valence-electron chi connectivity index (χ3n) is 5.04. The Hall–Kier alpha value is -3.60. The normalized spacial score (nSPS) is 11.5. The Kier molecular flexibility index (Phi) is 5.98. The SMILES string of the molecule is Cc1cnc(Nc2ccnn2C)nc1-c1coc(C(=O)NC(C)(C)c2ccc(F)c(Br)c2)n1. The van der Waals surface area contributed by atoms with Crippen molar-refractivity contribution in [1.29, 1.82) is 0 Å². The van der Waals surface area contributed by atoms with Crippen molar-refractivity contribution in [2.75, 3.05) is 5.32 Å². The maximum Gasteiger partial charge on any atom is 0.307 e. The lowest BCUT2D eigenvalue weighted by Crippen LogP contribution is -2.41. The van der Waals surface area contributed by atoms with Crippen molar-refractivity contribution in [3.8, 4) is 11.4 Å². The Morgan fingerprint density at radius 3 is 2.73 bits per heavy atom. The maximum atomic E-state index is 13.6. The van der Waals surface area contributed by atoms with Gasteiger partial charge in [-0.1, -0.05) is 6.07 Å². The van der Waals surface area contributed by atoms with Gasteiger partial charge < -0.3 is 15.1 Å². The summed E-state index contributed by atoms with van der Waals surface area (Å²) in [6, 6.07) is 6.37. The molecule has 0 atom stereocenters. The molecule has 0 aliphatic rings. The van der Waals surface area contributed by atoms with Gasteiger partial charge in [-0.3, -0.25) is 9.48 Å². The Bertz CT molecular complexity index is 1330. The van der Waals surface area contributed by atoms with E-state index in [1.165, 1.54) is 12.3 Å². The Morgan fingerprint density at radius 2 is 2.03 bits per heavy atom. The second-order valence-electron chi connectivity index (χ2n) is 7.94. The van der Waals surface area contributed by atoms with Gasteiger partial charge in [-0.25, -0.2) is 19.3 Å². The van der Waals surface area contributed by atoms with E-state index in [0.29, 0.717) is 27.4 Å². The quantitative estimate of drug-likeness (QED) is 0.390. The fourth-order valence-corrected chi connectivity index (χ4v) is 3.53. The van der Waals surface area contributed by atoms with Crippen LogP contribution in [0.2, 0.25) is 0 Å². The molecule has 11 heteroatoms. The predicted molar refractivity (Wildman–Crippen MR) is 123 cm³/mol. The number of rotatable bonds is 6. The molecule has 0 saturated heterocycles. The van der Waals surface area contributed by atoms with Crippen LogP contribution in [0.4, 0.5) is 16.2 Å². The maximum absolute atomic E-state index is 13.6. The third kappa shape index (κ3) is 4.77. The molecule has 0 aliphatic carbocycles. The first-order chi connectivity index (χ1) is 15.6. The predicted octanol–water partition coefficient (Wildman–Crippen LogP) is 4.48. The van der Waals surface area contributed by atoms with Gasteiger partial charge in [-0.05, 0) is 60.0 Å². The molecular weight excluding hydrogens is 493 g/mol. The highest BCUT2D eigenvalue weighted by Gasteiger charge is 2.27. The number of nitrogens with zero attached hydrogens (tertiary/aromatic N) is 5. The summed E-state index contributed by atoms with van der Waals surface area (Å²) in [6.07, 6.45) is 4.69. The number of nitrogens with one attached hydrogen (secondary N) is 2. The molecule has 0 fully saturated rings. The Balaban J connectivity index is 1.55. The van der Waals surface area contributed by atoms with Gasteiger partial charge in [-0.15, -0.1) is 0 Å². The Labute approximate surface area is 197 Å². The molecule has 0 saturated carbocycles. The number of aryl methyl sites for hydroxylation is 2. The number of oxazole rings is 1. The smallest absolute Gasteiger partial charge is 0.307 e. The number of halogens is 2. The summed E-state index contributed by atoms with van der Waals surface area (Å²) in [6.45, 7) is 5.45. The van der Waals surface area contributed by atoms with Crippen molar-refractivity contribution < 1.29 is 13.6 Å². The van der Waals surface area contributed by atoms with Gasteiger partial charge in [0.05, 0.1) is 16.2 Å². The first kappa shape index (κ1) is 22.6. The zero-order valence-electron chi connectivity index (χ0n) is 18.3. The first-order valence-electron chi connectivity index (χ1n) is 9.96. The number of aromatic nitrogens is 5. The summed E-state index contributed by atoms with van der Waals surface area (Å²) in [7, 11) is 1.80. The Morgan fingerprint density at radius 1 is 1.24 bits per heavy atom. The summed E-state index contributed by atoms with van der Waals surface area (Å²) in [5, 5.41) is 10.1. The first-order valence-corrected chi connectivity index (χ1v) is 10.8. The zero-order chi connectivity index (χ0) is 23.8. The van der Waals surface area contributed by atoms with E-state index >= 15 is 0 Å². The number of hydrogen-bond donors (Lipinski definition) is 2. The van der Waals surface area contributed by atoms with Gasteiger partial charge in [0, 0.05) is 19.3 Å². The molecule has 0 radical (unpaired) electrons. The lowest BCUT2D eigenvalue weighted by molar-refractivity contribution is 0.0876. The summed E-state index contributed by atoms with van der Waals surface area (Å²) < 4.78 is 21.0. The molecule has 3 aromatic heterocycles. The van der Waals surface area contributed by atoms with E-state index in [4.69, 9.17) is 4.42 Å². The molecule has 170 valence electrons. The van der Waals surface area contributed by atoms with Crippen LogP contribution >= 0.6 is 15.9 Å². The summed E-state index contributed by atoms with van der Waals surface area (Å²) in [5.74, 6) is 0.0802. The van der Waals surface area contributed by atoms with E-state index in [1.807, 2.05) is 6.92 Å². The molecule has 1 aromatic carbocycles. The number of carbonyl (C=O) groups is 1. The zero-order valence-corrected chi connectivity index (χ0v) is 19.9. The van der Waals surface area contributed by atoms with E-state index in [-0.39, 0.29) is 11.7 Å². The van der Waals surface area contributed by atoms with Crippen molar-refractivity contribution in [1.82, 2.24) is 30.0 Å².